The van der Waals surface area contributed by atoms with Gasteiger partial charge in [-0.15, -0.1) is 0 Å². The molecule has 0 aliphatic carbocycles. The Morgan fingerprint density at radius 2 is 2.33 bits per heavy atom. The van der Waals surface area contributed by atoms with Crippen LogP contribution in [-0.4, -0.2) is 24.3 Å². The van der Waals surface area contributed by atoms with Crippen molar-refractivity contribution in [2.75, 3.05) is 7.11 Å². The summed E-state index contributed by atoms with van der Waals surface area (Å²) >= 11 is 0. The highest BCUT2D eigenvalue weighted by molar-refractivity contribution is 5.88. The molecular formula is C9H14O3. The average Bonchev–Trinajstić information content (AvgIpc) is 2.10. The van der Waals surface area contributed by atoms with Crippen LogP contribution in [0.25, 0.3) is 0 Å². The molecular weight excluding hydrogens is 156 g/mol. The number of hydrogen-bond acceptors (Lipinski definition) is 3. The largest absolute Gasteiger partial charge is 0.459 e. The number of hydrogen-bond donors (Lipinski definition) is 1. The second-order valence-electron chi connectivity index (χ2n) is 2.42. The van der Waals surface area contributed by atoms with Gasteiger partial charge in [-0.1, -0.05) is 25.7 Å². The first-order valence-corrected chi connectivity index (χ1v) is 3.98. The predicted octanol–water partition coefficient (Wildman–Crippen LogP) is 0.714. The molecule has 12 heavy (non-hydrogen) atoms. The van der Waals surface area contributed by atoms with E-state index in [-0.39, 0.29) is 0 Å². The lowest BCUT2D eigenvalue weighted by atomic mass is 10.2. The van der Waals surface area contributed by atoms with E-state index in [2.05, 4.69) is 16.6 Å². The number of rotatable bonds is 3. The molecule has 0 bridgehead atoms. The van der Waals surface area contributed by atoms with E-state index in [9.17, 15) is 4.79 Å². The topological polar surface area (TPSA) is 46.5 Å². The fourth-order valence-corrected chi connectivity index (χ4v) is 0.663. The van der Waals surface area contributed by atoms with Crippen LogP contribution in [0.2, 0.25) is 0 Å². The average molecular weight is 170 g/mol. The van der Waals surface area contributed by atoms with E-state index < -0.39 is 12.1 Å². The van der Waals surface area contributed by atoms with E-state index in [1.54, 1.807) is 0 Å². The van der Waals surface area contributed by atoms with Gasteiger partial charge in [0.2, 0.25) is 0 Å². The molecule has 0 saturated carbocycles. The second kappa shape index (κ2) is 6.68. The molecule has 0 aliphatic heterocycles. The lowest BCUT2D eigenvalue weighted by Crippen LogP contribution is -2.04. The quantitative estimate of drug-likeness (QED) is 0.385. The summed E-state index contributed by atoms with van der Waals surface area (Å²) in [7, 11) is 1.26. The molecule has 0 spiro atoms. The van der Waals surface area contributed by atoms with Gasteiger partial charge in [0.05, 0.1) is 7.11 Å². The molecule has 0 aliphatic rings. The molecule has 0 rings (SSSR count). The van der Waals surface area contributed by atoms with Crippen LogP contribution in [0.5, 0.6) is 0 Å². The van der Waals surface area contributed by atoms with Gasteiger partial charge >= 0.3 is 5.97 Å². The molecule has 68 valence electrons. The molecule has 1 atom stereocenters. The minimum Gasteiger partial charge on any atom is -0.459 e. The van der Waals surface area contributed by atoms with Crippen LogP contribution in [0.1, 0.15) is 26.2 Å². The van der Waals surface area contributed by atoms with E-state index in [0.717, 1.165) is 12.8 Å². The van der Waals surface area contributed by atoms with Crippen LogP contribution in [0.15, 0.2) is 0 Å². The molecule has 0 radical (unpaired) electrons. The lowest BCUT2D eigenvalue weighted by molar-refractivity contribution is -0.133. The Morgan fingerprint density at radius 1 is 1.67 bits per heavy atom. The number of carbonyl (C=O) groups excluding carboxylic acids is 1. The van der Waals surface area contributed by atoms with Gasteiger partial charge in [0.15, 0.2) is 0 Å². The number of aliphatic hydroxyl groups excluding tert-OH is 1. The third-order valence-corrected chi connectivity index (χ3v) is 1.36. The molecule has 0 unspecified atom stereocenters. The number of methoxy groups -OCH3 is 1. The molecule has 0 aromatic heterocycles. The third-order valence-electron chi connectivity index (χ3n) is 1.36. The Bertz CT molecular complexity index is 188. The predicted molar refractivity (Wildman–Crippen MR) is 45.3 cm³/mol. The van der Waals surface area contributed by atoms with Crippen LogP contribution in [-0.2, 0) is 9.53 Å². The van der Waals surface area contributed by atoms with Gasteiger partial charge in [-0.25, -0.2) is 4.79 Å². The van der Waals surface area contributed by atoms with Crippen LogP contribution in [0.3, 0.4) is 0 Å². The zero-order valence-corrected chi connectivity index (χ0v) is 7.46. The van der Waals surface area contributed by atoms with Crippen LogP contribution >= 0.6 is 0 Å². The van der Waals surface area contributed by atoms with Gasteiger partial charge in [-0.3, -0.25) is 0 Å². The van der Waals surface area contributed by atoms with Crippen molar-refractivity contribution in [3.8, 4) is 11.8 Å². The van der Waals surface area contributed by atoms with Crippen molar-refractivity contribution in [1.82, 2.24) is 0 Å². The number of esters is 1. The Balaban J connectivity index is 3.70. The highest BCUT2D eigenvalue weighted by atomic mass is 16.5. The fourth-order valence-electron chi connectivity index (χ4n) is 0.663. The van der Waals surface area contributed by atoms with Crippen molar-refractivity contribution in [3.63, 3.8) is 0 Å². The van der Waals surface area contributed by atoms with E-state index in [4.69, 9.17) is 5.11 Å². The SMILES string of the molecule is CCCC[C@@H](O)C#CC(=O)OC. The Hall–Kier alpha value is -1.01. The summed E-state index contributed by atoms with van der Waals surface area (Å²) in [6.07, 6.45) is 1.83. The molecule has 0 aromatic rings. The maximum atomic E-state index is 10.5. The Morgan fingerprint density at radius 3 is 2.83 bits per heavy atom. The molecule has 0 amide bonds. The zero-order chi connectivity index (χ0) is 9.40. The first-order valence-electron chi connectivity index (χ1n) is 3.98. The van der Waals surface area contributed by atoms with E-state index in [0.29, 0.717) is 6.42 Å². The van der Waals surface area contributed by atoms with Gasteiger partial charge in [0, 0.05) is 5.92 Å². The van der Waals surface area contributed by atoms with E-state index >= 15 is 0 Å². The second-order valence-corrected chi connectivity index (χ2v) is 2.42. The molecule has 0 aromatic carbocycles. The number of aliphatic hydroxyl groups is 1. The van der Waals surface area contributed by atoms with Crippen molar-refractivity contribution >= 4 is 5.97 Å². The highest BCUT2D eigenvalue weighted by Gasteiger charge is 1.98. The van der Waals surface area contributed by atoms with Crippen molar-refractivity contribution in [2.45, 2.75) is 32.3 Å². The van der Waals surface area contributed by atoms with Gasteiger partial charge < -0.3 is 9.84 Å². The van der Waals surface area contributed by atoms with Gasteiger partial charge in [0.1, 0.15) is 6.10 Å². The summed E-state index contributed by atoms with van der Waals surface area (Å²) in [5, 5.41) is 9.14. The summed E-state index contributed by atoms with van der Waals surface area (Å²) in [5.74, 6) is 3.97. The maximum absolute atomic E-state index is 10.5. The van der Waals surface area contributed by atoms with Crippen molar-refractivity contribution in [1.29, 1.82) is 0 Å². The van der Waals surface area contributed by atoms with Crippen molar-refractivity contribution < 1.29 is 14.6 Å². The fraction of sp³-hybridized carbons (Fsp3) is 0.667. The first-order chi connectivity index (χ1) is 5.70. The first kappa shape index (κ1) is 11.0. The molecule has 3 nitrogen and oxygen atoms in total. The molecule has 1 N–H and O–H groups in total. The van der Waals surface area contributed by atoms with Gasteiger partial charge in [-0.05, 0) is 6.42 Å². The van der Waals surface area contributed by atoms with E-state index in [1.807, 2.05) is 6.92 Å². The summed E-state index contributed by atoms with van der Waals surface area (Å²) in [5.41, 5.74) is 0. The van der Waals surface area contributed by atoms with Crippen LogP contribution < -0.4 is 0 Å². The Labute approximate surface area is 72.7 Å². The van der Waals surface area contributed by atoms with Crippen molar-refractivity contribution in [3.05, 3.63) is 0 Å². The molecule has 0 saturated heterocycles. The highest BCUT2D eigenvalue weighted by Crippen LogP contribution is 1.98. The third kappa shape index (κ3) is 5.75. The monoisotopic (exact) mass is 170 g/mol. The van der Waals surface area contributed by atoms with Gasteiger partial charge in [0.25, 0.3) is 0 Å². The number of unbranched alkanes of at least 4 members (excludes halogenated alkanes) is 1. The summed E-state index contributed by atoms with van der Waals surface area (Å²) in [4.78, 5) is 10.5. The standard InChI is InChI=1S/C9H14O3/c1-3-4-5-8(10)6-7-9(11)12-2/h8,10H,3-5H2,1-2H3/t8-/m1/s1. The number of carbonyl (C=O) groups is 1. The maximum Gasteiger partial charge on any atom is 0.384 e. The minimum absolute atomic E-state index is 0.606. The van der Waals surface area contributed by atoms with Crippen LogP contribution in [0, 0.1) is 11.8 Å². The minimum atomic E-state index is -0.705. The lowest BCUT2D eigenvalue weighted by Gasteiger charge is -1.99. The summed E-state index contributed by atoms with van der Waals surface area (Å²) in [6, 6.07) is 0. The molecule has 0 heterocycles. The molecule has 3 heteroatoms. The van der Waals surface area contributed by atoms with Crippen molar-refractivity contribution in [2.24, 2.45) is 0 Å². The number of ether oxygens (including phenoxy) is 1. The van der Waals surface area contributed by atoms with E-state index in [1.165, 1.54) is 7.11 Å². The summed E-state index contributed by atoms with van der Waals surface area (Å²) < 4.78 is 4.28. The molecule has 0 fully saturated rings. The normalized spacial score (nSPS) is 11.2. The van der Waals surface area contributed by atoms with Crippen LogP contribution in [0.4, 0.5) is 0 Å². The summed E-state index contributed by atoms with van der Waals surface area (Å²) in [6.45, 7) is 2.03. The van der Waals surface area contributed by atoms with Gasteiger partial charge in [-0.2, -0.15) is 0 Å². The zero-order valence-electron chi connectivity index (χ0n) is 7.46. The smallest absolute Gasteiger partial charge is 0.384 e. The Kier molecular flexibility index (Phi) is 6.12.